The molecule has 0 aromatic rings. The molecule has 0 bridgehead atoms. The Bertz CT molecular complexity index is 1130. The molecule has 4 aliphatic carbocycles. The minimum Gasteiger partial charge on any atom is -0.270 e. The molecule has 0 aliphatic heterocycles. The maximum Gasteiger partial charge on any atom is 0.264 e. The molecule has 0 amide bonds. The first-order chi connectivity index (χ1) is 21.1. The van der Waals surface area contributed by atoms with Crippen molar-refractivity contribution in [3.05, 3.63) is 0 Å². The zero-order chi connectivity index (χ0) is 33.8. The SMILES string of the molecule is C.CN=S(C)(=O)CC1CCCCC1.CS(=N)(=O)CC1CCCCC1.CS(=O)(=O)OCC1CCCCC1.CS(=O)CC1CCCCC1. The van der Waals surface area contributed by atoms with Crippen LogP contribution in [0.4, 0.5) is 0 Å². The Balaban J connectivity index is 0.000000584. The first-order valence-electron chi connectivity index (χ1n) is 17.5. The molecule has 0 aromatic heterocycles. The standard InChI is InChI=1S/C9H19NOS.C8H17NOS.C8H16O3S.C8H16OS.CH4/c1-10-12(2,11)8-9-6-4-3-5-7-9;1-11(9,10)7-8-5-3-2-4-6-8;1-12(9,10)11-7-8-5-3-2-4-6-8;1-10(9)7-8-5-3-2-4-6-8;/h9H,3-8H2,1-2H3;8-9H,2-7H2,1H3;8H,2-7H2,1H3;8H,2-7H2,1H3;1H4. The van der Waals surface area contributed by atoms with Gasteiger partial charge in [0.15, 0.2) is 0 Å². The average molecular weight is 733 g/mol. The molecule has 1 N–H and O–H groups in total. The highest BCUT2D eigenvalue weighted by Gasteiger charge is 2.18. The van der Waals surface area contributed by atoms with Crippen molar-refractivity contribution in [2.24, 2.45) is 28.0 Å². The molecule has 4 rings (SSSR count). The van der Waals surface area contributed by atoms with Crippen LogP contribution in [0, 0.1) is 28.5 Å². The second kappa shape index (κ2) is 25.0. The minimum absolute atomic E-state index is 0. The third-order valence-corrected chi connectivity index (χ3v) is 13.8. The van der Waals surface area contributed by atoms with Gasteiger partial charge < -0.3 is 0 Å². The van der Waals surface area contributed by atoms with E-state index in [1.807, 2.05) is 6.26 Å². The Morgan fingerprint density at radius 3 is 1.30 bits per heavy atom. The van der Waals surface area contributed by atoms with Crippen molar-refractivity contribution >= 4 is 40.4 Å². The number of nitrogens with one attached hydrogen (secondary N) is 1. The highest BCUT2D eigenvalue weighted by Crippen LogP contribution is 2.26. The Morgan fingerprint density at radius 2 is 0.978 bits per heavy atom. The summed E-state index contributed by atoms with van der Waals surface area (Å²) in [6.07, 6.45) is 31.8. The zero-order valence-corrected chi connectivity index (χ0v) is 32.6. The molecule has 4 saturated carbocycles. The molecule has 8 nitrogen and oxygen atoms in total. The third-order valence-electron chi connectivity index (χ3n) is 9.37. The third kappa shape index (κ3) is 26.9. The summed E-state index contributed by atoms with van der Waals surface area (Å²) in [4.78, 5) is 0. The van der Waals surface area contributed by atoms with Crippen molar-refractivity contribution in [3.63, 3.8) is 0 Å². The molecule has 278 valence electrons. The summed E-state index contributed by atoms with van der Waals surface area (Å²) < 4.78 is 70.9. The topological polar surface area (TPSA) is 131 Å². The summed E-state index contributed by atoms with van der Waals surface area (Å²) in [6, 6.07) is 0. The highest BCUT2D eigenvalue weighted by atomic mass is 32.2. The van der Waals surface area contributed by atoms with Gasteiger partial charge in [0.2, 0.25) is 0 Å². The van der Waals surface area contributed by atoms with E-state index in [4.69, 9.17) is 8.96 Å². The molecule has 46 heavy (non-hydrogen) atoms. The van der Waals surface area contributed by atoms with Gasteiger partial charge in [-0.1, -0.05) is 84.5 Å². The average Bonchev–Trinajstić information content (AvgIpc) is 2.98. The lowest BCUT2D eigenvalue weighted by atomic mass is 9.90. The van der Waals surface area contributed by atoms with Crippen LogP contribution in [0.15, 0.2) is 4.36 Å². The van der Waals surface area contributed by atoms with Gasteiger partial charge in [0.25, 0.3) is 10.1 Å². The Kier molecular flexibility index (Phi) is 25.0. The van der Waals surface area contributed by atoms with Crippen molar-refractivity contribution < 1.29 is 25.2 Å². The van der Waals surface area contributed by atoms with Crippen LogP contribution < -0.4 is 0 Å². The molecular formula is C34H72N2O6S4. The molecule has 0 radical (unpaired) electrons. The minimum atomic E-state index is -3.22. The summed E-state index contributed by atoms with van der Waals surface area (Å²) in [5.74, 6) is 4.91. The normalized spacial score (nSPS) is 23.6. The summed E-state index contributed by atoms with van der Waals surface area (Å²) in [5, 5.41) is 0. The van der Waals surface area contributed by atoms with E-state index in [0.29, 0.717) is 30.1 Å². The summed E-state index contributed by atoms with van der Waals surface area (Å²) in [7, 11) is -6.18. The first-order valence-corrected chi connectivity index (χ1v) is 25.3. The van der Waals surface area contributed by atoms with Gasteiger partial charge in [-0.2, -0.15) is 8.42 Å². The zero-order valence-electron chi connectivity index (χ0n) is 29.3. The number of hydrogen-bond acceptors (Lipinski definition) is 8. The largest absolute Gasteiger partial charge is 0.270 e. The van der Waals surface area contributed by atoms with Crippen LogP contribution in [0.2, 0.25) is 0 Å². The second-order valence-corrected chi connectivity index (χ2v) is 22.3. The maximum absolute atomic E-state index is 11.7. The van der Waals surface area contributed by atoms with Gasteiger partial charge in [-0.3, -0.25) is 21.6 Å². The molecule has 4 aliphatic rings. The molecule has 0 spiro atoms. The van der Waals surface area contributed by atoms with Gasteiger partial charge in [0.05, 0.1) is 12.9 Å². The quantitative estimate of drug-likeness (QED) is 0.236. The summed E-state index contributed by atoms with van der Waals surface area (Å²) in [5.41, 5.74) is 0. The fourth-order valence-corrected chi connectivity index (χ4v) is 11.0. The van der Waals surface area contributed by atoms with Crippen LogP contribution >= 0.6 is 0 Å². The lowest BCUT2D eigenvalue weighted by Crippen LogP contribution is -2.17. The predicted octanol–water partition coefficient (Wildman–Crippen LogP) is 8.66. The maximum atomic E-state index is 11.7. The highest BCUT2D eigenvalue weighted by molar-refractivity contribution is 7.92. The molecule has 0 saturated heterocycles. The van der Waals surface area contributed by atoms with Crippen molar-refractivity contribution in [1.82, 2.24) is 0 Å². The Hall–Kier alpha value is -0.0400. The van der Waals surface area contributed by atoms with Gasteiger partial charge >= 0.3 is 0 Å². The van der Waals surface area contributed by atoms with E-state index in [1.165, 1.54) is 116 Å². The van der Waals surface area contributed by atoms with E-state index in [0.717, 1.165) is 36.5 Å². The summed E-state index contributed by atoms with van der Waals surface area (Å²) in [6.45, 7) is 0.388. The second-order valence-electron chi connectivity index (χ2n) is 14.2. The van der Waals surface area contributed by atoms with E-state index in [1.54, 1.807) is 19.6 Å². The van der Waals surface area contributed by atoms with Crippen LogP contribution in [-0.4, -0.2) is 77.0 Å². The fourth-order valence-electron chi connectivity index (χ4n) is 6.93. The first kappa shape index (κ1) is 46.0. The monoisotopic (exact) mass is 732 g/mol. The Morgan fingerprint density at radius 1 is 0.630 bits per heavy atom. The smallest absolute Gasteiger partial charge is 0.264 e. The van der Waals surface area contributed by atoms with Gasteiger partial charge in [0, 0.05) is 73.3 Å². The molecule has 3 unspecified atom stereocenters. The molecular weight excluding hydrogens is 661 g/mol. The lowest BCUT2D eigenvalue weighted by molar-refractivity contribution is 0.215. The van der Waals surface area contributed by atoms with Crippen LogP contribution in [0.3, 0.4) is 0 Å². The lowest BCUT2D eigenvalue weighted by Gasteiger charge is -2.21. The molecule has 0 heterocycles. The van der Waals surface area contributed by atoms with E-state index in [-0.39, 0.29) is 7.43 Å². The van der Waals surface area contributed by atoms with Crippen LogP contribution in [0.5, 0.6) is 0 Å². The number of rotatable bonds is 9. The van der Waals surface area contributed by atoms with E-state index in [9.17, 15) is 21.0 Å². The van der Waals surface area contributed by atoms with E-state index < -0.39 is 40.4 Å². The van der Waals surface area contributed by atoms with E-state index in [2.05, 4.69) is 4.36 Å². The van der Waals surface area contributed by atoms with Crippen molar-refractivity contribution in [2.75, 3.05) is 55.9 Å². The van der Waals surface area contributed by atoms with E-state index >= 15 is 0 Å². The molecule has 4 fully saturated rings. The Labute approximate surface area is 288 Å². The van der Waals surface area contributed by atoms with Crippen molar-refractivity contribution in [1.29, 1.82) is 4.78 Å². The predicted molar refractivity (Wildman–Crippen MR) is 202 cm³/mol. The van der Waals surface area contributed by atoms with Gasteiger partial charge in [-0.25, -0.2) is 4.36 Å². The van der Waals surface area contributed by atoms with Gasteiger partial charge in [-0.05, 0) is 75.0 Å². The fraction of sp³-hybridized carbons (Fsp3) is 1.00. The van der Waals surface area contributed by atoms with Crippen molar-refractivity contribution in [2.45, 2.75) is 136 Å². The summed E-state index contributed by atoms with van der Waals surface area (Å²) >= 11 is 0. The van der Waals surface area contributed by atoms with Crippen LogP contribution in [0.1, 0.15) is 136 Å². The van der Waals surface area contributed by atoms with Crippen LogP contribution in [-0.2, 0) is 44.6 Å². The number of nitrogens with zero attached hydrogens (tertiary/aromatic N) is 1. The van der Waals surface area contributed by atoms with Crippen molar-refractivity contribution in [3.8, 4) is 0 Å². The molecule has 12 heteroatoms. The molecule has 0 aromatic carbocycles. The van der Waals surface area contributed by atoms with Gasteiger partial charge in [-0.15, -0.1) is 0 Å². The number of hydrogen-bond donors (Lipinski definition) is 1. The van der Waals surface area contributed by atoms with Crippen LogP contribution in [0.25, 0.3) is 0 Å². The molecule has 3 atom stereocenters. The van der Waals surface area contributed by atoms with Gasteiger partial charge in [0.1, 0.15) is 0 Å².